The molecule has 0 atom stereocenters. The van der Waals surface area contributed by atoms with E-state index in [9.17, 15) is 5.26 Å². The molecular weight excluding hydrogens is 705 g/mol. The van der Waals surface area contributed by atoms with Crippen LogP contribution < -0.4 is 0 Å². The molecule has 58 heavy (non-hydrogen) atoms. The van der Waals surface area contributed by atoms with Crippen LogP contribution in [0.25, 0.3) is 111 Å². The van der Waals surface area contributed by atoms with Crippen molar-refractivity contribution in [2.45, 2.75) is 0 Å². The highest BCUT2D eigenvalue weighted by Gasteiger charge is 2.24. The topological polar surface area (TPSA) is 62.5 Å². The lowest BCUT2D eigenvalue weighted by Gasteiger charge is -2.14. The highest BCUT2D eigenvalue weighted by atomic mass is 15.0. The summed E-state index contributed by atoms with van der Waals surface area (Å²) in [5.41, 5.74) is 14.5. The molecule has 0 saturated carbocycles. The molecule has 0 spiro atoms. The lowest BCUT2D eigenvalue weighted by atomic mass is 9.90. The highest BCUT2D eigenvalue weighted by Crippen LogP contribution is 2.51. The molecule has 4 heteroatoms. The van der Waals surface area contributed by atoms with E-state index in [0.29, 0.717) is 23.0 Å². The first kappa shape index (κ1) is 33.3. The molecule has 0 radical (unpaired) electrons. The van der Waals surface area contributed by atoms with Crippen molar-refractivity contribution in [3.8, 4) is 95.9 Å². The molecular formula is C54H32N4. The summed E-state index contributed by atoms with van der Waals surface area (Å²) in [6.45, 7) is 0. The van der Waals surface area contributed by atoms with E-state index < -0.39 is 0 Å². The van der Waals surface area contributed by atoms with Crippen molar-refractivity contribution in [1.29, 1.82) is 5.26 Å². The molecule has 0 N–H and O–H groups in total. The number of hydrogen-bond donors (Lipinski definition) is 0. The van der Waals surface area contributed by atoms with Crippen LogP contribution in [0.15, 0.2) is 194 Å². The monoisotopic (exact) mass is 736 g/mol. The summed E-state index contributed by atoms with van der Waals surface area (Å²) in [5.74, 6) is 1.72. The smallest absolute Gasteiger partial charge is 0.164 e. The Morgan fingerprint density at radius 2 is 0.862 bits per heavy atom. The molecule has 9 aromatic carbocycles. The molecule has 1 aliphatic carbocycles. The van der Waals surface area contributed by atoms with Gasteiger partial charge >= 0.3 is 0 Å². The fraction of sp³-hybridized carbons (Fsp3) is 0. The van der Waals surface area contributed by atoms with Crippen LogP contribution in [0.2, 0.25) is 0 Å². The van der Waals surface area contributed by atoms with E-state index in [1.54, 1.807) is 0 Å². The standard InChI is InChI=1S/C54H32N4/c55-33-42-32-40(35-21-24-36(25-22-35)44-30-27-37-15-10-20-47-46-17-6-8-18-48(46)51(44)50(37)47)28-29-43(42)45-16-7-9-19-49(45)54-57-52(38-12-2-1-3-13-38)56-53(58-54)41-26-23-34-11-4-5-14-39(34)31-41/h1-32H. The van der Waals surface area contributed by atoms with Gasteiger partial charge in [-0.3, -0.25) is 0 Å². The predicted molar refractivity (Wildman–Crippen MR) is 237 cm³/mol. The number of aromatic nitrogens is 3. The Kier molecular flexibility index (Phi) is 7.84. The van der Waals surface area contributed by atoms with E-state index in [2.05, 4.69) is 121 Å². The largest absolute Gasteiger partial charge is 0.208 e. The number of fused-ring (bicyclic) bond motifs is 4. The zero-order chi connectivity index (χ0) is 38.6. The Morgan fingerprint density at radius 3 is 1.66 bits per heavy atom. The fourth-order valence-corrected chi connectivity index (χ4v) is 8.54. The molecule has 0 fully saturated rings. The minimum Gasteiger partial charge on any atom is -0.208 e. The van der Waals surface area contributed by atoms with Gasteiger partial charge in [0.25, 0.3) is 0 Å². The summed E-state index contributed by atoms with van der Waals surface area (Å²) in [6, 6.07) is 69.7. The fourth-order valence-electron chi connectivity index (χ4n) is 8.54. The number of nitriles is 1. The normalized spacial score (nSPS) is 11.4. The minimum atomic E-state index is 0.544. The van der Waals surface area contributed by atoms with E-state index >= 15 is 0 Å². The Balaban J connectivity index is 0.977. The van der Waals surface area contributed by atoms with E-state index in [-0.39, 0.29) is 0 Å². The molecule has 4 nitrogen and oxygen atoms in total. The average molecular weight is 737 g/mol. The molecule has 1 aliphatic rings. The predicted octanol–water partition coefficient (Wildman–Crippen LogP) is 13.7. The van der Waals surface area contributed by atoms with Crippen LogP contribution in [0.1, 0.15) is 5.56 Å². The van der Waals surface area contributed by atoms with Crippen molar-refractivity contribution < 1.29 is 0 Å². The minimum absolute atomic E-state index is 0.544. The Bertz CT molecular complexity index is 3290. The summed E-state index contributed by atoms with van der Waals surface area (Å²) >= 11 is 0. The molecule has 268 valence electrons. The second-order valence-electron chi connectivity index (χ2n) is 14.7. The average Bonchev–Trinajstić information content (AvgIpc) is 3.64. The van der Waals surface area contributed by atoms with E-state index in [4.69, 9.17) is 15.0 Å². The van der Waals surface area contributed by atoms with Crippen molar-refractivity contribution in [1.82, 2.24) is 15.0 Å². The van der Waals surface area contributed by atoms with Gasteiger partial charge in [0.1, 0.15) is 0 Å². The molecule has 0 bridgehead atoms. The van der Waals surface area contributed by atoms with Gasteiger partial charge in [-0.05, 0) is 83.7 Å². The molecule has 0 saturated heterocycles. The lowest BCUT2D eigenvalue weighted by molar-refractivity contribution is 1.07. The van der Waals surface area contributed by atoms with E-state index in [1.165, 1.54) is 38.6 Å². The summed E-state index contributed by atoms with van der Waals surface area (Å²) in [7, 11) is 0. The molecule has 0 unspecified atom stereocenters. The summed E-state index contributed by atoms with van der Waals surface area (Å²) in [5, 5.41) is 15.5. The van der Waals surface area contributed by atoms with Crippen molar-refractivity contribution in [3.63, 3.8) is 0 Å². The van der Waals surface area contributed by atoms with Crippen molar-refractivity contribution in [3.05, 3.63) is 200 Å². The van der Waals surface area contributed by atoms with Gasteiger partial charge in [0, 0.05) is 22.3 Å². The van der Waals surface area contributed by atoms with Gasteiger partial charge in [-0.15, -0.1) is 0 Å². The third kappa shape index (κ3) is 5.57. The van der Waals surface area contributed by atoms with Gasteiger partial charge in [-0.1, -0.05) is 182 Å². The Labute approximate surface area is 336 Å². The first-order chi connectivity index (χ1) is 28.7. The molecule has 1 aromatic heterocycles. The number of rotatable bonds is 6. The number of benzene rings is 9. The molecule has 11 rings (SSSR count). The van der Waals surface area contributed by atoms with Gasteiger partial charge in [0.15, 0.2) is 17.5 Å². The second-order valence-corrected chi connectivity index (χ2v) is 14.7. The van der Waals surface area contributed by atoms with Crippen LogP contribution in [0.5, 0.6) is 0 Å². The maximum atomic E-state index is 10.6. The van der Waals surface area contributed by atoms with Gasteiger partial charge in [-0.2, -0.15) is 5.26 Å². The first-order valence-corrected chi connectivity index (χ1v) is 19.4. The lowest BCUT2D eigenvalue weighted by Crippen LogP contribution is -2.01. The SMILES string of the molecule is N#Cc1cc(-c2ccc(-c3ccc4cccc5c4c3-c3ccccc3-5)cc2)ccc1-c1ccccc1-c1nc(-c2ccccc2)nc(-c2ccc3ccccc3c2)n1. The van der Waals surface area contributed by atoms with Crippen LogP contribution in [-0.2, 0) is 0 Å². The van der Waals surface area contributed by atoms with Crippen LogP contribution in [0.4, 0.5) is 0 Å². The summed E-state index contributed by atoms with van der Waals surface area (Å²) in [4.78, 5) is 15.1. The third-order valence-corrected chi connectivity index (χ3v) is 11.3. The molecule has 1 heterocycles. The first-order valence-electron chi connectivity index (χ1n) is 19.4. The van der Waals surface area contributed by atoms with E-state index in [1.807, 2.05) is 78.9 Å². The zero-order valence-electron chi connectivity index (χ0n) is 31.3. The number of nitrogens with zero attached hydrogens (tertiary/aromatic N) is 4. The van der Waals surface area contributed by atoms with Gasteiger partial charge in [0.2, 0.25) is 0 Å². The van der Waals surface area contributed by atoms with Crippen molar-refractivity contribution in [2.75, 3.05) is 0 Å². The second kappa shape index (κ2) is 13.6. The van der Waals surface area contributed by atoms with Gasteiger partial charge in [-0.25, -0.2) is 15.0 Å². The van der Waals surface area contributed by atoms with Crippen LogP contribution in [0.3, 0.4) is 0 Å². The van der Waals surface area contributed by atoms with Crippen LogP contribution >= 0.6 is 0 Å². The van der Waals surface area contributed by atoms with Crippen LogP contribution in [-0.4, -0.2) is 15.0 Å². The van der Waals surface area contributed by atoms with Gasteiger partial charge in [0.05, 0.1) is 11.6 Å². The molecule has 0 amide bonds. The maximum Gasteiger partial charge on any atom is 0.164 e. The van der Waals surface area contributed by atoms with E-state index in [0.717, 1.165) is 55.3 Å². The van der Waals surface area contributed by atoms with Gasteiger partial charge < -0.3 is 0 Å². The number of hydrogen-bond acceptors (Lipinski definition) is 4. The highest BCUT2D eigenvalue weighted by molar-refractivity contribution is 6.19. The maximum absolute atomic E-state index is 10.6. The van der Waals surface area contributed by atoms with Crippen molar-refractivity contribution >= 4 is 21.5 Å². The summed E-state index contributed by atoms with van der Waals surface area (Å²) < 4.78 is 0. The van der Waals surface area contributed by atoms with Crippen molar-refractivity contribution in [2.24, 2.45) is 0 Å². The zero-order valence-corrected chi connectivity index (χ0v) is 31.3. The Hall–Kier alpha value is -8.00. The molecule has 10 aromatic rings. The summed E-state index contributed by atoms with van der Waals surface area (Å²) in [6.07, 6.45) is 0. The Morgan fingerprint density at radius 1 is 0.310 bits per heavy atom. The third-order valence-electron chi connectivity index (χ3n) is 11.3. The van der Waals surface area contributed by atoms with Crippen LogP contribution in [0, 0.1) is 11.3 Å². The quantitative estimate of drug-likeness (QED) is 0.170. The molecule has 0 aliphatic heterocycles.